The Kier molecular flexibility index (Phi) is 2.87. The van der Waals surface area contributed by atoms with Gasteiger partial charge < -0.3 is 4.90 Å². The fraction of sp³-hybridized carbons (Fsp3) is 0.533. The van der Waals surface area contributed by atoms with Crippen LogP contribution in [0.3, 0.4) is 0 Å². The predicted molar refractivity (Wildman–Crippen MR) is 69.6 cm³/mol. The highest BCUT2D eigenvalue weighted by atomic mass is 16.1. The normalized spacial score (nSPS) is 20.4. The smallest absolute Gasteiger partial charge is 0.165 e. The van der Waals surface area contributed by atoms with Crippen LogP contribution in [0.4, 0.5) is 5.69 Å². The zero-order chi connectivity index (χ0) is 11.7. The quantitative estimate of drug-likeness (QED) is 0.741. The van der Waals surface area contributed by atoms with Gasteiger partial charge in [-0.3, -0.25) is 4.79 Å². The van der Waals surface area contributed by atoms with Crippen LogP contribution in [0.5, 0.6) is 0 Å². The summed E-state index contributed by atoms with van der Waals surface area (Å²) in [6, 6.07) is 8.23. The van der Waals surface area contributed by atoms with Crippen LogP contribution in [-0.4, -0.2) is 18.9 Å². The second-order valence-corrected chi connectivity index (χ2v) is 5.23. The maximum Gasteiger partial charge on any atom is 0.165 e. The van der Waals surface area contributed by atoms with Crippen LogP contribution in [0, 0.1) is 5.92 Å². The highest BCUT2D eigenvalue weighted by Crippen LogP contribution is 2.33. The van der Waals surface area contributed by atoms with Gasteiger partial charge in [0.2, 0.25) is 0 Å². The largest absolute Gasteiger partial charge is 0.372 e. The summed E-state index contributed by atoms with van der Waals surface area (Å²) < 4.78 is 0. The molecule has 0 unspecified atom stereocenters. The minimum atomic E-state index is 0.329. The molecule has 1 aromatic rings. The number of rotatable bonds is 3. The maximum atomic E-state index is 11.9. The lowest BCUT2D eigenvalue weighted by atomic mass is 10.1. The molecule has 1 saturated carbocycles. The van der Waals surface area contributed by atoms with Gasteiger partial charge in [-0.15, -0.1) is 0 Å². The second-order valence-electron chi connectivity index (χ2n) is 5.23. The van der Waals surface area contributed by atoms with E-state index in [1.165, 1.54) is 24.9 Å². The third kappa shape index (κ3) is 2.36. The van der Waals surface area contributed by atoms with Crippen LogP contribution in [-0.2, 0) is 0 Å². The van der Waals surface area contributed by atoms with E-state index in [1.807, 2.05) is 12.1 Å². The molecule has 1 saturated heterocycles. The molecule has 0 atom stereocenters. The van der Waals surface area contributed by atoms with E-state index in [0.29, 0.717) is 11.7 Å². The lowest BCUT2D eigenvalue weighted by Crippen LogP contribution is -2.29. The summed E-state index contributed by atoms with van der Waals surface area (Å²) >= 11 is 0. The van der Waals surface area contributed by atoms with Crippen LogP contribution in [0.25, 0.3) is 0 Å². The molecule has 90 valence electrons. The second kappa shape index (κ2) is 4.52. The number of hydrogen-bond donors (Lipinski definition) is 0. The van der Waals surface area contributed by atoms with Crippen molar-refractivity contribution < 1.29 is 4.79 Å². The van der Waals surface area contributed by atoms with Gasteiger partial charge in [-0.1, -0.05) is 0 Å². The summed E-state index contributed by atoms with van der Waals surface area (Å²) in [5.74, 6) is 0.672. The van der Waals surface area contributed by atoms with Crippen molar-refractivity contribution in [2.24, 2.45) is 5.92 Å². The Balaban J connectivity index is 1.72. The highest BCUT2D eigenvalue weighted by molar-refractivity contribution is 5.99. The van der Waals surface area contributed by atoms with Crippen LogP contribution < -0.4 is 4.90 Å². The first-order chi connectivity index (χ1) is 8.34. The third-order valence-electron chi connectivity index (χ3n) is 3.82. The summed E-state index contributed by atoms with van der Waals surface area (Å²) in [7, 11) is 0. The molecule has 0 spiro atoms. The fourth-order valence-corrected chi connectivity index (χ4v) is 2.57. The zero-order valence-electron chi connectivity index (χ0n) is 10.2. The van der Waals surface area contributed by atoms with Crippen molar-refractivity contribution in [2.75, 3.05) is 18.0 Å². The lowest BCUT2D eigenvalue weighted by molar-refractivity contribution is 0.0967. The van der Waals surface area contributed by atoms with Gasteiger partial charge in [-0.25, -0.2) is 0 Å². The number of piperidine rings is 1. The molecular weight excluding hydrogens is 210 g/mol. The molecular formula is C15H19NO. The number of Topliss-reactive ketones (excluding diaryl/α,β-unsaturated/α-hetero) is 1. The van der Waals surface area contributed by atoms with Crippen molar-refractivity contribution in [2.45, 2.75) is 32.1 Å². The first-order valence-corrected chi connectivity index (χ1v) is 6.74. The number of carbonyl (C=O) groups is 1. The van der Waals surface area contributed by atoms with Gasteiger partial charge in [0.15, 0.2) is 5.78 Å². The van der Waals surface area contributed by atoms with Crippen LogP contribution in [0.1, 0.15) is 42.5 Å². The van der Waals surface area contributed by atoms with Crippen molar-refractivity contribution in [3.8, 4) is 0 Å². The fourth-order valence-electron chi connectivity index (χ4n) is 2.57. The molecule has 0 N–H and O–H groups in total. The molecule has 2 aliphatic rings. The van der Waals surface area contributed by atoms with E-state index in [9.17, 15) is 4.79 Å². The van der Waals surface area contributed by atoms with Gasteiger partial charge in [0.25, 0.3) is 0 Å². The van der Waals surface area contributed by atoms with E-state index in [4.69, 9.17) is 0 Å². The van der Waals surface area contributed by atoms with E-state index in [2.05, 4.69) is 17.0 Å². The van der Waals surface area contributed by atoms with Gasteiger partial charge in [0, 0.05) is 30.3 Å². The monoisotopic (exact) mass is 229 g/mol. The van der Waals surface area contributed by atoms with Crippen molar-refractivity contribution >= 4 is 11.5 Å². The molecule has 0 aromatic heterocycles. The van der Waals surface area contributed by atoms with Crippen LogP contribution >= 0.6 is 0 Å². The SMILES string of the molecule is O=C(c1ccc(N2CCCCC2)cc1)C1CC1. The van der Waals surface area contributed by atoms with Crippen molar-refractivity contribution in [3.63, 3.8) is 0 Å². The first-order valence-electron chi connectivity index (χ1n) is 6.74. The van der Waals surface area contributed by atoms with E-state index >= 15 is 0 Å². The molecule has 1 aliphatic carbocycles. The third-order valence-corrected chi connectivity index (χ3v) is 3.82. The zero-order valence-corrected chi connectivity index (χ0v) is 10.2. The number of benzene rings is 1. The molecule has 1 aliphatic heterocycles. The first kappa shape index (κ1) is 10.8. The summed E-state index contributed by atoms with van der Waals surface area (Å²) in [6.07, 6.45) is 6.12. The Bertz CT molecular complexity index is 399. The minimum absolute atomic E-state index is 0.329. The molecule has 1 heterocycles. The van der Waals surface area contributed by atoms with Crippen LogP contribution in [0.15, 0.2) is 24.3 Å². The Labute approximate surface area is 103 Å². The predicted octanol–water partition coefficient (Wildman–Crippen LogP) is 3.27. The molecule has 2 heteroatoms. The summed E-state index contributed by atoms with van der Waals surface area (Å²) in [5, 5.41) is 0. The molecule has 2 nitrogen and oxygen atoms in total. The molecule has 0 amide bonds. The number of nitrogens with zero attached hydrogens (tertiary/aromatic N) is 1. The Hall–Kier alpha value is -1.31. The number of carbonyl (C=O) groups excluding carboxylic acids is 1. The van der Waals surface area contributed by atoms with Crippen molar-refractivity contribution in [1.29, 1.82) is 0 Å². The Morgan fingerprint density at radius 1 is 1.00 bits per heavy atom. The molecule has 17 heavy (non-hydrogen) atoms. The number of ketones is 1. The van der Waals surface area contributed by atoms with Crippen LogP contribution in [0.2, 0.25) is 0 Å². The number of hydrogen-bond acceptors (Lipinski definition) is 2. The lowest BCUT2D eigenvalue weighted by Gasteiger charge is -2.28. The average Bonchev–Trinajstić information content (AvgIpc) is 3.24. The standard InChI is InChI=1S/C15H19NO/c17-15(12-4-5-12)13-6-8-14(9-7-13)16-10-2-1-3-11-16/h6-9,12H,1-5,10-11H2. The van der Waals surface area contributed by atoms with Crippen molar-refractivity contribution in [3.05, 3.63) is 29.8 Å². The van der Waals surface area contributed by atoms with Gasteiger partial charge in [-0.2, -0.15) is 0 Å². The molecule has 0 bridgehead atoms. The maximum absolute atomic E-state index is 11.9. The van der Waals surface area contributed by atoms with Gasteiger partial charge >= 0.3 is 0 Å². The molecule has 0 radical (unpaired) electrons. The highest BCUT2D eigenvalue weighted by Gasteiger charge is 2.30. The van der Waals surface area contributed by atoms with Gasteiger partial charge in [-0.05, 0) is 56.4 Å². The molecule has 2 fully saturated rings. The topological polar surface area (TPSA) is 20.3 Å². The van der Waals surface area contributed by atoms with Gasteiger partial charge in [0.05, 0.1) is 0 Å². The summed E-state index contributed by atoms with van der Waals surface area (Å²) in [4.78, 5) is 14.3. The van der Waals surface area contributed by atoms with E-state index in [0.717, 1.165) is 31.5 Å². The average molecular weight is 229 g/mol. The Morgan fingerprint density at radius 3 is 2.24 bits per heavy atom. The number of anilines is 1. The van der Waals surface area contributed by atoms with E-state index in [-0.39, 0.29) is 0 Å². The molecule has 3 rings (SSSR count). The molecule has 1 aromatic carbocycles. The Morgan fingerprint density at radius 2 is 1.65 bits per heavy atom. The summed E-state index contributed by atoms with van der Waals surface area (Å²) in [6.45, 7) is 2.33. The van der Waals surface area contributed by atoms with Crippen molar-refractivity contribution in [1.82, 2.24) is 0 Å². The van der Waals surface area contributed by atoms with E-state index in [1.54, 1.807) is 0 Å². The van der Waals surface area contributed by atoms with Gasteiger partial charge in [0.1, 0.15) is 0 Å². The minimum Gasteiger partial charge on any atom is -0.372 e. The van der Waals surface area contributed by atoms with E-state index < -0.39 is 0 Å². The summed E-state index contributed by atoms with van der Waals surface area (Å²) in [5.41, 5.74) is 2.17.